The summed E-state index contributed by atoms with van der Waals surface area (Å²) >= 11 is 5.62. The molecule has 6 heteroatoms. The number of nitrogen functional groups attached to an aromatic ring is 1. The minimum atomic E-state index is -0.266. The van der Waals surface area contributed by atoms with Gasteiger partial charge in [0.15, 0.2) is 0 Å². The van der Waals surface area contributed by atoms with E-state index in [1.165, 1.54) is 17.7 Å². The summed E-state index contributed by atoms with van der Waals surface area (Å²) in [5.74, 6) is 6.08. The van der Waals surface area contributed by atoms with Gasteiger partial charge in [-0.15, -0.1) is 0 Å². The van der Waals surface area contributed by atoms with Crippen LogP contribution in [0.4, 0.5) is 0 Å². The van der Waals surface area contributed by atoms with Gasteiger partial charge in [-0.3, -0.25) is 15.1 Å². The van der Waals surface area contributed by atoms with Crippen LogP contribution in [0.15, 0.2) is 22.7 Å². The lowest BCUT2D eigenvalue weighted by atomic mass is 10.1. The maximum absolute atomic E-state index is 11.5. The van der Waals surface area contributed by atoms with Crippen molar-refractivity contribution in [2.24, 2.45) is 5.84 Å². The first kappa shape index (κ1) is 15.8. The molecule has 1 unspecified atom stereocenters. The molecule has 1 aromatic rings. The predicted octanol–water partition coefficient (Wildman–Crippen LogP) is 2.38. The number of carbonyl (C=O) groups is 1. The lowest BCUT2D eigenvalue weighted by molar-refractivity contribution is 0.0953. The molecule has 3 N–H and O–H groups in total. The van der Waals surface area contributed by atoms with Gasteiger partial charge in [-0.1, -0.05) is 28.9 Å². The van der Waals surface area contributed by atoms with Crippen molar-refractivity contribution in [2.45, 2.75) is 25.1 Å². The Morgan fingerprint density at radius 3 is 3.05 bits per heavy atom. The minimum absolute atomic E-state index is 0.266. The van der Waals surface area contributed by atoms with E-state index < -0.39 is 0 Å². The fourth-order valence-electron chi connectivity index (χ4n) is 2.31. The van der Waals surface area contributed by atoms with Crippen molar-refractivity contribution in [1.82, 2.24) is 10.3 Å². The highest BCUT2D eigenvalue weighted by Crippen LogP contribution is 2.25. The molecule has 0 aliphatic carbocycles. The van der Waals surface area contributed by atoms with Crippen LogP contribution in [0.3, 0.4) is 0 Å². The number of hydrogen-bond acceptors (Lipinski definition) is 4. The summed E-state index contributed by atoms with van der Waals surface area (Å²) in [6.45, 7) is 5.43. The van der Waals surface area contributed by atoms with Crippen molar-refractivity contribution in [3.8, 4) is 0 Å². The van der Waals surface area contributed by atoms with E-state index in [1.54, 1.807) is 0 Å². The molecule has 1 amide bonds. The monoisotopic (exact) mass is 357 g/mol. The zero-order valence-corrected chi connectivity index (χ0v) is 14.0. The van der Waals surface area contributed by atoms with E-state index in [0.29, 0.717) is 5.56 Å². The van der Waals surface area contributed by atoms with E-state index in [2.05, 4.69) is 44.9 Å². The van der Waals surface area contributed by atoms with Crippen LogP contribution in [0.5, 0.6) is 0 Å². The van der Waals surface area contributed by atoms with Crippen molar-refractivity contribution in [2.75, 3.05) is 18.8 Å². The molecule has 1 heterocycles. The summed E-state index contributed by atoms with van der Waals surface area (Å²) in [6.07, 6.45) is 1.22. The Morgan fingerprint density at radius 1 is 1.60 bits per heavy atom. The highest BCUT2D eigenvalue weighted by Gasteiger charge is 2.19. The molecule has 110 valence electrons. The Labute approximate surface area is 132 Å². The normalized spacial score (nSPS) is 19.9. The first-order valence-corrected chi connectivity index (χ1v) is 8.61. The molecule has 0 saturated carbocycles. The molecule has 0 spiro atoms. The number of halogens is 1. The van der Waals surface area contributed by atoms with E-state index in [1.807, 2.05) is 18.2 Å². The number of carbonyl (C=O) groups excluding carboxylic acids is 1. The van der Waals surface area contributed by atoms with Gasteiger partial charge in [0, 0.05) is 40.7 Å². The molecular weight excluding hydrogens is 338 g/mol. The highest BCUT2D eigenvalue weighted by atomic mass is 79.9. The molecule has 0 aromatic heterocycles. The lowest BCUT2D eigenvalue weighted by Gasteiger charge is -2.32. The van der Waals surface area contributed by atoms with Gasteiger partial charge in [0.2, 0.25) is 0 Å². The Morgan fingerprint density at radius 2 is 2.40 bits per heavy atom. The van der Waals surface area contributed by atoms with Gasteiger partial charge in [-0.2, -0.15) is 11.8 Å². The van der Waals surface area contributed by atoms with E-state index in [4.69, 9.17) is 5.84 Å². The Hall–Kier alpha value is -0.560. The summed E-state index contributed by atoms with van der Waals surface area (Å²) in [6, 6.07) is 5.64. The quantitative estimate of drug-likeness (QED) is 0.493. The molecule has 1 aliphatic rings. The zero-order valence-electron chi connectivity index (χ0n) is 11.6. The average molecular weight is 358 g/mol. The van der Waals surface area contributed by atoms with Gasteiger partial charge in [0.25, 0.3) is 5.91 Å². The van der Waals surface area contributed by atoms with Gasteiger partial charge in [-0.05, 0) is 24.1 Å². The van der Waals surface area contributed by atoms with Crippen molar-refractivity contribution < 1.29 is 4.79 Å². The smallest absolute Gasteiger partial charge is 0.265 e. The van der Waals surface area contributed by atoms with Crippen LogP contribution in [-0.4, -0.2) is 34.9 Å². The number of nitrogens with zero attached hydrogens (tertiary/aromatic N) is 1. The maximum Gasteiger partial charge on any atom is 0.265 e. The number of hydrazine groups is 1. The topological polar surface area (TPSA) is 58.4 Å². The molecule has 0 radical (unpaired) electrons. The highest BCUT2D eigenvalue weighted by molar-refractivity contribution is 9.10. The third-order valence-corrected chi connectivity index (χ3v) is 5.63. The molecule has 1 saturated heterocycles. The number of hydrogen-bond donors (Lipinski definition) is 2. The summed E-state index contributed by atoms with van der Waals surface area (Å²) in [5.41, 5.74) is 3.93. The maximum atomic E-state index is 11.5. The Bertz CT molecular complexity index is 483. The van der Waals surface area contributed by atoms with Crippen molar-refractivity contribution in [3.63, 3.8) is 0 Å². The van der Waals surface area contributed by atoms with E-state index in [0.717, 1.165) is 29.4 Å². The van der Waals surface area contributed by atoms with E-state index in [-0.39, 0.29) is 5.91 Å². The molecule has 20 heavy (non-hydrogen) atoms. The zero-order chi connectivity index (χ0) is 14.5. The number of amides is 1. The molecule has 1 fully saturated rings. The summed E-state index contributed by atoms with van der Waals surface area (Å²) in [4.78, 5) is 14.0. The van der Waals surface area contributed by atoms with Crippen LogP contribution < -0.4 is 11.3 Å². The second-order valence-corrected chi connectivity index (χ2v) is 7.18. The molecule has 0 bridgehead atoms. The number of rotatable bonds is 4. The van der Waals surface area contributed by atoms with Gasteiger partial charge >= 0.3 is 0 Å². The van der Waals surface area contributed by atoms with Crippen LogP contribution in [-0.2, 0) is 6.54 Å². The van der Waals surface area contributed by atoms with E-state index in [9.17, 15) is 4.79 Å². The summed E-state index contributed by atoms with van der Waals surface area (Å²) in [5, 5.41) is 0.741. The van der Waals surface area contributed by atoms with Crippen LogP contribution in [0, 0.1) is 0 Å². The number of nitrogens with one attached hydrogen (secondary N) is 1. The second kappa shape index (κ2) is 7.45. The van der Waals surface area contributed by atoms with Crippen LogP contribution >= 0.6 is 27.7 Å². The first-order valence-electron chi connectivity index (χ1n) is 6.77. The van der Waals surface area contributed by atoms with Gasteiger partial charge in [-0.25, -0.2) is 5.84 Å². The van der Waals surface area contributed by atoms with Gasteiger partial charge in [0.1, 0.15) is 0 Å². The largest absolute Gasteiger partial charge is 0.297 e. The molecule has 1 aliphatic heterocycles. The summed E-state index contributed by atoms with van der Waals surface area (Å²) in [7, 11) is 0. The van der Waals surface area contributed by atoms with Crippen molar-refractivity contribution >= 4 is 33.6 Å². The molecule has 4 nitrogen and oxygen atoms in total. The SMILES string of the molecule is CCC1CN(Cc2ccc(C(=O)NN)cc2Br)CCS1. The minimum Gasteiger partial charge on any atom is -0.297 e. The van der Waals surface area contributed by atoms with Gasteiger partial charge < -0.3 is 0 Å². The molecule has 2 rings (SSSR count). The average Bonchev–Trinajstić information content (AvgIpc) is 2.48. The molecular formula is C14H20BrN3OS. The van der Waals surface area contributed by atoms with Crippen LogP contribution in [0.25, 0.3) is 0 Å². The second-order valence-electron chi connectivity index (χ2n) is 4.92. The molecule has 1 atom stereocenters. The van der Waals surface area contributed by atoms with Gasteiger partial charge in [0.05, 0.1) is 0 Å². The first-order chi connectivity index (χ1) is 9.63. The van der Waals surface area contributed by atoms with Crippen LogP contribution in [0.1, 0.15) is 29.3 Å². The summed E-state index contributed by atoms with van der Waals surface area (Å²) < 4.78 is 0.963. The van der Waals surface area contributed by atoms with Crippen molar-refractivity contribution in [1.29, 1.82) is 0 Å². The van der Waals surface area contributed by atoms with E-state index >= 15 is 0 Å². The molecule has 1 aromatic carbocycles. The fourth-order valence-corrected chi connectivity index (χ4v) is 4.07. The van der Waals surface area contributed by atoms with Crippen LogP contribution in [0.2, 0.25) is 0 Å². The van der Waals surface area contributed by atoms with Crippen molar-refractivity contribution in [3.05, 3.63) is 33.8 Å². The third-order valence-electron chi connectivity index (χ3n) is 3.52. The number of benzene rings is 1. The standard InChI is InChI=1S/C14H20BrN3OS/c1-2-12-9-18(5-6-20-12)8-11-4-3-10(7-13(11)15)14(19)17-16/h3-4,7,12H,2,5-6,8-9,16H2,1H3,(H,17,19). The number of nitrogens with two attached hydrogens (primary N) is 1. The fraction of sp³-hybridized carbons (Fsp3) is 0.500. The lowest BCUT2D eigenvalue weighted by Crippen LogP contribution is -2.37. The predicted molar refractivity (Wildman–Crippen MR) is 87.6 cm³/mol. The third kappa shape index (κ3) is 3.97. The Balaban J connectivity index is 2.04. The Kier molecular flexibility index (Phi) is 5.89. The number of thioether (sulfide) groups is 1.